The first-order valence-electron chi connectivity index (χ1n) is 8.62. The van der Waals surface area contributed by atoms with Crippen molar-refractivity contribution in [2.45, 2.75) is 44.3 Å². The minimum Gasteiger partial charge on any atom is -0.354 e. The second kappa shape index (κ2) is 6.62. The van der Waals surface area contributed by atoms with Crippen LogP contribution in [0.25, 0.3) is 11.4 Å². The van der Waals surface area contributed by atoms with E-state index in [-0.39, 0.29) is 23.9 Å². The van der Waals surface area contributed by atoms with Crippen molar-refractivity contribution in [2.75, 3.05) is 6.54 Å². The van der Waals surface area contributed by atoms with E-state index in [0.29, 0.717) is 31.8 Å². The average Bonchev–Trinajstić information content (AvgIpc) is 3.21. The van der Waals surface area contributed by atoms with Crippen molar-refractivity contribution < 1.29 is 9.59 Å². The Bertz CT molecular complexity index is 774. The van der Waals surface area contributed by atoms with Gasteiger partial charge in [-0.3, -0.25) is 9.59 Å². The summed E-state index contributed by atoms with van der Waals surface area (Å²) in [7, 11) is 0. The molecular formula is C17H20N6O2. The highest BCUT2D eigenvalue weighted by Gasteiger charge is 2.39. The summed E-state index contributed by atoms with van der Waals surface area (Å²) in [5, 5.41) is 15.3. The van der Waals surface area contributed by atoms with Crippen molar-refractivity contribution in [2.24, 2.45) is 0 Å². The third kappa shape index (κ3) is 3.24. The second-order valence-electron chi connectivity index (χ2n) is 6.52. The van der Waals surface area contributed by atoms with Crippen LogP contribution in [0.15, 0.2) is 30.3 Å². The summed E-state index contributed by atoms with van der Waals surface area (Å²) >= 11 is 0. The van der Waals surface area contributed by atoms with Gasteiger partial charge in [-0.25, -0.2) is 0 Å². The molecule has 4 rings (SSSR count). The van der Waals surface area contributed by atoms with Crippen LogP contribution in [0.3, 0.4) is 0 Å². The fourth-order valence-corrected chi connectivity index (χ4v) is 3.65. The van der Waals surface area contributed by atoms with Gasteiger partial charge in [0.25, 0.3) is 0 Å². The lowest BCUT2D eigenvalue weighted by molar-refractivity contribution is -0.134. The van der Waals surface area contributed by atoms with Crippen molar-refractivity contribution in [3.63, 3.8) is 0 Å². The van der Waals surface area contributed by atoms with E-state index < -0.39 is 0 Å². The van der Waals surface area contributed by atoms with Crippen LogP contribution in [0.5, 0.6) is 0 Å². The molecule has 1 N–H and O–H groups in total. The number of aryl methyl sites for hydroxylation is 1. The molecule has 2 atom stereocenters. The van der Waals surface area contributed by atoms with Crippen LogP contribution in [-0.4, -0.2) is 55.5 Å². The molecule has 0 saturated carbocycles. The normalized spacial score (nSPS) is 22.6. The van der Waals surface area contributed by atoms with E-state index in [1.165, 1.54) is 4.80 Å². The highest BCUT2D eigenvalue weighted by atomic mass is 16.2. The highest BCUT2D eigenvalue weighted by molar-refractivity contribution is 5.81. The van der Waals surface area contributed by atoms with Gasteiger partial charge in [0.15, 0.2) is 0 Å². The third-order valence-corrected chi connectivity index (χ3v) is 4.87. The van der Waals surface area contributed by atoms with Crippen LogP contribution < -0.4 is 5.32 Å². The number of hydrogen-bond acceptors (Lipinski definition) is 5. The molecule has 0 aliphatic carbocycles. The average molecular weight is 340 g/mol. The maximum Gasteiger partial charge on any atom is 0.225 e. The Hall–Kier alpha value is -2.77. The standard InChI is InChI=1S/C17H20N6O2/c24-15-10-13-6-7-14(11-18-15)23(13)16(25)8-9-22-20-17(19-21-22)12-4-2-1-3-5-12/h1-5,13-14H,6-11H2,(H,18,24)/t13-,14+/m1/s1. The van der Waals surface area contributed by atoms with Gasteiger partial charge < -0.3 is 10.2 Å². The number of fused-ring (bicyclic) bond motifs is 2. The predicted octanol–water partition coefficient (Wildman–Crippen LogP) is 0.610. The molecule has 8 nitrogen and oxygen atoms in total. The number of tetrazole rings is 1. The van der Waals surface area contributed by atoms with E-state index >= 15 is 0 Å². The van der Waals surface area contributed by atoms with Crippen molar-refractivity contribution in [3.05, 3.63) is 30.3 Å². The smallest absolute Gasteiger partial charge is 0.225 e. The van der Waals surface area contributed by atoms with Crippen molar-refractivity contribution in [3.8, 4) is 11.4 Å². The van der Waals surface area contributed by atoms with Gasteiger partial charge in [-0.05, 0) is 18.1 Å². The maximum absolute atomic E-state index is 12.7. The fourth-order valence-electron chi connectivity index (χ4n) is 3.65. The van der Waals surface area contributed by atoms with Gasteiger partial charge in [-0.1, -0.05) is 30.3 Å². The molecule has 2 saturated heterocycles. The predicted molar refractivity (Wildman–Crippen MR) is 89.2 cm³/mol. The Balaban J connectivity index is 1.39. The maximum atomic E-state index is 12.7. The number of hydrogen-bond donors (Lipinski definition) is 1. The zero-order chi connectivity index (χ0) is 17.2. The van der Waals surface area contributed by atoms with Gasteiger partial charge in [0.05, 0.1) is 6.54 Å². The summed E-state index contributed by atoms with van der Waals surface area (Å²) in [6.45, 7) is 0.941. The summed E-state index contributed by atoms with van der Waals surface area (Å²) in [5.74, 6) is 0.649. The van der Waals surface area contributed by atoms with E-state index in [1.54, 1.807) is 0 Å². The van der Waals surface area contributed by atoms with Crippen LogP contribution in [-0.2, 0) is 16.1 Å². The Morgan fingerprint density at radius 3 is 2.84 bits per heavy atom. The van der Waals surface area contributed by atoms with E-state index in [2.05, 4.69) is 20.7 Å². The van der Waals surface area contributed by atoms with E-state index in [0.717, 1.165) is 18.4 Å². The first kappa shape index (κ1) is 15.7. The number of nitrogens with one attached hydrogen (secondary N) is 1. The second-order valence-corrected chi connectivity index (χ2v) is 6.52. The lowest BCUT2D eigenvalue weighted by Gasteiger charge is -2.27. The van der Waals surface area contributed by atoms with Crippen LogP contribution in [0.1, 0.15) is 25.7 Å². The molecule has 2 aliphatic heterocycles. The monoisotopic (exact) mass is 340 g/mol. The molecule has 2 bridgehead atoms. The van der Waals surface area contributed by atoms with Crippen molar-refractivity contribution in [1.82, 2.24) is 30.4 Å². The van der Waals surface area contributed by atoms with E-state index in [4.69, 9.17) is 0 Å². The largest absolute Gasteiger partial charge is 0.354 e. The number of rotatable bonds is 4. The van der Waals surface area contributed by atoms with Crippen LogP contribution in [0, 0.1) is 0 Å². The molecule has 0 unspecified atom stereocenters. The van der Waals surface area contributed by atoms with Crippen LogP contribution in [0.4, 0.5) is 0 Å². The summed E-state index contributed by atoms with van der Waals surface area (Å²) in [5.41, 5.74) is 0.898. The first-order valence-corrected chi connectivity index (χ1v) is 8.62. The molecular weight excluding hydrogens is 320 g/mol. The third-order valence-electron chi connectivity index (χ3n) is 4.87. The van der Waals surface area contributed by atoms with Gasteiger partial charge >= 0.3 is 0 Å². The molecule has 2 aromatic rings. The summed E-state index contributed by atoms with van der Waals surface area (Å²) in [6, 6.07) is 9.77. The van der Waals surface area contributed by atoms with Gasteiger partial charge in [-0.2, -0.15) is 4.80 Å². The molecule has 2 fully saturated rings. The van der Waals surface area contributed by atoms with Gasteiger partial charge in [-0.15, -0.1) is 10.2 Å². The number of carbonyl (C=O) groups excluding carboxylic acids is 2. The van der Waals surface area contributed by atoms with E-state index in [9.17, 15) is 9.59 Å². The molecule has 1 aromatic carbocycles. The summed E-state index contributed by atoms with van der Waals surface area (Å²) in [4.78, 5) is 27.7. The Morgan fingerprint density at radius 1 is 1.20 bits per heavy atom. The molecule has 8 heteroatoms. The minimum absolute atomic E-state index is 0.0311. The van der Waals surface area contributed by atoms with Crippen LogP contribution >= 0.6 is 0 Å². The Labute approximate surface area is 145 Å². The fraction of sp³-hybridized carbons (Fsp3) is 0.471. The zero-order valence-corrected chi connectivity index (χ0v) is 13.8. The number of carbonyl (C=O) groups is 2. The van der Waals surface area contributed by atoms with E-state index in [1.807, 2.05) is 35.2 Å². The number of benzene rings is 1. The molecule has 2 aliphatic rings. The lowest BCUT2D eigenvalue weighted by atomic mass is 10.1. The quantitative estimate of drug-likeness (QED) is 0.880. The van der Waals surface area contributed by atoms with Gasteiger partial charge in [0.1, 0.15) is 0 Å². The molecule has 1 aromatic heterocycles. The Morgan fingerprint density at radius 2 is 2.00 bits per heavy atom. The highest BCUT2D eigenvalue weighted by Crippen LogP contribution is 2.28. The number of nitrogens with zero attached hydrogens (tertiary/aromatic N) is 5. The first-order chi connectivity index (χ1) is 12.2. The summed E-state index contributed by atoms with van der Waals surface area (Å²) < 4.78 is 0. The van der Waals surface area contributed by atoms with Crippen LogP contribution in [0.2, 0.25) is 0 Å². The topological polar surface area (TPSA) is 93.0 Å². The number of aromatic nitrogens is 4. The molecule has 0 radical (unpaired) electrons. The van der Waals surface area contributed by atoms with Gasteiger partial charge in [0, 0.05) is 37.0 Å². The van der Waals surface area contributed by atoms with Gasteiger partial charge in [0.2, 0.25) is 17.6 Å². The zero-order valence-electron chi connectivity index (χ0n) is 13.8. The minimum atomic E-state index is 0.0311. The molecule has 25 heavy (non-hydrogen) atoms. The molecule has 3 heterocycles. The molecule has 130 valence electrons. The lowest BCUT2D eigenvalue weighted by Crippen LogP contribution is -2.42. The van der Waals surface area contributed by atoms with Crippen molar-refractivity contribution >= 4 is 11.8 Å². The summed E-state index contributed by atoms with van der Waals surface area (Å²) in [6.07, 6.45) is 2.58. The van der Waals surface area contributed by atoms with Crippen molar-refractivity contribution in [1.29, 1.82) is 0 Å². The number of amides is 2. The SMILES string of the molecule is O=C1C[C@H]2CC[C@@H](CN1)N2C(=O)CCn1nnc(-c2ccccc2)n1. The molecule has 0 spiro atoms. The Kier molecular flexibility index (Phi) is 4.17. The molecule has 2 amide bonds.